The quantitative estimate of drug-likeness (QED) is 0.763. The molecule has 1 aliphatic carbocycles. The molecule has 2 aliphatic rings. The normalized spacial score (nSPS) is 33.3. The molecule has 4 nitrogen and oxygen atoms in total. The van der Waals surface area contributed by atoms with Crippen LogP contribution in [0.5, 0.6) is 0 Å². The summed E-state index contributed by atoms with van der Waals surface area (Å²) in [6.45, 7) is 9.15. The van der Waals surface area contributed by atoms with E-state index in [1.165, 1.54) is 0 Å². The summed E-state index contributed by atoms with van der Waals surface area (Å²) in [5, 5.41) is 3.68. The number of piperidine rings is 1. The molecule has 2 rings (SSSR count). The molecule has 2 fully saturated rings. The number of rotatable bonds is 5. The summed E-state index contributed by atoms with van der Waals surface area (Å²) < 4.78 is 5.48. The minimum absolute atomic E-state index is 0.277. The lowest BCUT2D eigenvalue weighted by molar-refractivity contribution is -0.0975. The van der Waals surface area contributed by atoms with Crippen LogP contribution in [0.3, 0.4) is 0 Å². The second kappa shape index (κ2) is 5.87. The number of hydrogen-bond donors (Lipinski definition) is 2. The van der Waals surface area contributed by atoms with Gasteiger partial charge in [-0.2, -0.15) is 0 Å². The van der Waals surface area contributed by atoms with Crippen molar-refractivity contribution in [2.45, 2.75) is 51.3 Å². The van der Waals surface area contributed by atoms with Gasteiger partial charge in [0, 0.05) is 37.7 Å². The van der Waals surface area contributed by atoms with Crippen molar-refractivity contribution in [3.8, 4) is 0 Å². The molecular formula is C14H29N3O. The molecule has 1 heterocycles. The van der Waals surface area contributed by atoms with Gasteiger partial charge >= 0.3 is 0 Å². The third-order valence-corrected chi connectivity index (χ3v) is 4.91. The molecule has 106 valence electrons. The molecule has 0 bridgehead atoms. The van der Waals surface area contributed by atoms with Gasteiger partial charge in [-0.1, -0.05) is 13.8 Å². The molecule has 1 aliphatic heterocycles. The highest BCUT2D eigenvalue weighted by atomic mass is 16.5. The van der Waals surface area contributed by atoms with Crippen LogP contribution in [0.4, 0.5) is 0 Å². The van der Waals surface area contributed by atoms with E-state index in [4.69, 9.17) is 10.5 Å². The zero-order chi connectivity index (χ0) is 13.2. The maximum Gasteiger partial charge on any atom is 0.0652 e. The van der Waals surface area contributed by atoms with Crippen LogP contribution in [0, 0.1) is 5.41 Å². The molecule has 4 heteroatoms. The summed E-state index contributed by atoms with van der Waals surface area (Å²) in [6, 6.07) is 1.04. The Labute approximate surface area is 111 Å². The molecule has 0 aromatic rings. The van der Waals surface area contributed by atoms with Gasteiger partial charge in [-0.3, -0.25) is 0 Å². The van der Waals surface area contributed by atoms with Crippen molar-refractivity contribution in [3.05, 3.63) is 0 Å². The molecule has 0 aromatic carbocycles. The standard InChI is InChI=1S/C14H29N3O/c1-14(2)12(10-13(14)18-3)16-6-9-17-7-4-11(15)5-8-17/h11-13,16H,4-10,15H2,1-3H3. The van der Waals surface area contributed by atoms with E-state index in [0.717, 1.165) is 45.4 Å². The highest BCUT2D eigenvalue weighted by molar-refractivity contribution is 5.02. The van der Waals surface area contributed by atoms with Gasteiger partial charge in [-0.25, -0.2) is 0 Å². The number of ether oxygens (including phenoxy) is 1. The predicted molar refractivity (Wildman–Crippen MR) is 74.6 cm³/mol. The van der Waals surface area contributed by atoms with Crippen molar-refractivity contribution in [2.24, 2.45) is 11.1 Å². The Kier molecular flexibility index (Phi) is 4.64. The van der Waals surface area contributed by atoms with Crippen LogP contribution in [0.2, 0.25) is 0 Å². The molecule has 2 atom stereocenters. The maximum atomic E-state index is 5.91. The summed E-state index contributed by atoms with van der Waals surface area (Å²) in [7, 11) is 1.82. The van der Waals surface area contributed by atoms with Gasteiger partial charge in [0.1, 0.15) is 0 Å². The van der Waals surface area contributed by atoms with Crippen molar-refractivity contribution in [1.29, 1.82) is 0 Å². The number of nitrogens with two attached hydrogens (primary N) is 1. The van der Waals surface area contributed by atoms with Crippen LogP contribution >= 0.6 is 0 Å². The number of nitrogens with zero attached hydrogens (tertiary/aromatic N) is 1. The molecule has 1 saturated carbocycles. The molecule has 3 N–H and O–H groups in total. The molecule has 0 aromatic heterocycles. The van der Waals surface area contributed by atoms with Crippen LogP contribution in [0.15, 0.2) is 0 Å². The first-order chi connectivity index (χ1) is 8.54. The molecule has 0 radical (unpaired) electrons. The first-order valence-corrected chi connectivity index (χ1v) is 7.28. The molecule has 1 saturated heterocycles. The fourth-order valence-electron chi connectivity index (χ4n) is 3.21. The fraction of sp³-hybridized carbons (Fsp3) is 1.00. The fourth-order valence-corrected chi connectivity index (χ4v) is 3.21. The average molecular weight is 255 g/mol. The van der Waals surface area contributed by atoms with Gasteiger partial charge < -0.3 is 20.7 Å². The molecular weight excluding hydrogens is 226 g/mol. The first-order valence-electron chi connectivity index (χ1n) is 7.28. The van der Waals surface area contributed by atoms with E-state index in [1.807, 2.05) is 7.11 Å². The predicted octanol–water partition coefficient (Wildman–Crippen LogP) is 0.813. The zero-order valence-corrected chi connectivity index (χ0v) is 12.1. The van der Waals surface area contributed by atoms with E-state index in [2.05, 4.69) is 24.1 Å². The van der Waals surface area contributed by atoms with E-state index in [0.29, 0.717) is 18.2 Å². The van der Waals surface area contributed by atoms with Gasteiger partial charge in [0.25, 0.3) is 0 Å². The monoisotopic (exact) mass is 255 g/mol. The first kappa shape index (κ1) is 14.3. The van der Waals surface area contributed by atoms with Crippen LogP contribution in [-0.2, 0) is 4.74 Å². The SMILES string of the molecule is COC1CC(NCCN2CCC(N)CC2)C1(C)C. The van der Waals surface area contributed by atoms with Crippen LogP contribution < -0.4 is 11.1 Å². The lowest BCUT2D eigenvalue weighted by Gasteiger charge is -2.51. The van der Waals surface area contributed by atoms with Crippen molar-refractivity contribution >= 4 is 0 Å². The topological polar surface area (TPSA) is 50.5 Å². The largest absolute Gasteiger partial charge is 0.381 e. The lowest BCUT2D eigenvalue weighted by Crippen LogP contribution is -2.61. The van der Waals surface area contributed by atoms with Crippen molar-refractivity contribution < 1.29 is 4.74 Å². The number of hydrogen-bond acceptors (Lipinski definition) is 4. The summed E-state index contributed by atoms with van der Waals surface area (Å²) in [4.78, 5) is 2.52. The Bertz CT molecular complexity index is 262. The summed E-state index contributed by atoms with van der Waals surface area (Å²) in [5.74, 6) is 0. The second-order valence-electron chi connectivity index (χ2n) is 6.47. The highest BCUT2D eigenvalue weighted by Gasteiger charge is 2.48. The Morgan fingerprint density at radius 2 is 2.00 bits per heavy atom. The Balaban J connectivity index is 1.62. The lowest BCUT2D eigenvalue weighted by atomic mass is 9.64. The maximum absolute atomic E-state index is 5.91. The smallest absolute Gasteiger partial charge is 0.0652 e. The van der Waals surface area contributed by atoms with Crippen molar-refractivity contribution in [2.75, 3.05) is 33.3 Å². The summed E-state index contributed by atoms with van der Waals surface area (Å²) >= 11 is 0. The van der Waals surface area contributed by atoms with Gasteiger partial charge in [0.15, 0.2) is 0 Å². The number of nitrogens with one attached hydrogen (secondary N) is 1. The van der Waals surface area contributed by atoms with Gasteiger partial charge in [0.05, 0.1) is 6.10 Å². The van der Waals surface area contributed by atoms with E-state index >= 15 is 0 Å². The van der Waals surface area contributed by atoms with E-state index in [9.17, 15) is 0 Å². The van der Waals surface area contributed by atoms with E-state index < -0.39 is 0 Å². The van der Waals surface area contributed by atoms with Crippen LogP contribution in [-0.4, -0.2) is 56.4 Å². The van der Waals surface area contributed by atoms with Gasteiger partial charge in [-0.05, 0) is 32.4 Å². The second-order valence-corrected chi connectivity index (χ2v) is 6.47. The zero-order valence-electron chi connectivity index (χ0n) is 12.1. The molecule has 0 amide bonds. The molecule has 0 spiro atoms. The number of likely N-dealkylation sites (tertiary alicyclic amines) is 1. The van der Waals surface area contributed by atoms with E-state index in [1.54, 1.807) is 0 Å². The van der Waals surface area contributed by atoms with Gasteiger partial charge in [0.2, 0.25) is 0 Å². The van der Waals surface area contributed by atoms with Crippen LogP contribution in [0.1, 0.15) is 33.1 Å². The number of methoxy groups -OCH3 is 1. The molecule has 2 unspecified atom stereocenters. The highest BCUT2D eigenvalue weighted by Crippen LogP contribution is 2.42. The van der Waals surface area contributed by atoms with Gasteiger partial charge in [-0.15, -0.1) is 0 Å². The molecule has 18 heavy (non-hydrogen) atoms. The van der Waals surface area contributed by atoms with Crippen molar-refractivity contribution in [3.63, 3.8) is 0 Å². The third kappa shape index (κ3) is 3.05. The Morgan fingerprint density at radius 3 is 2.56 bits per heavy atom. The minimum Gasteiger partial charge on any atom is -0.381 e. The summed E-state index contributed by atoms with van der Waals surface area (Å²) in [5.41, 5.74) is 6.19. The Morgan fingerprint density at radius 1 is 1.33 bits per heavy atom. The van der Waals surface area contributed by atoms with Crippen LogP contribution in [0.25, 0.3) is 0 Å². The summed E-state index contributed by atoms with van der Waals surface area (Å²) in [6.07, 6.45) is 3.87. The average Bonchev–Trinajstić information content (AvgIpc) is 2.35. The van der Waals surface area contributed by atoms with E-state index in [-0.39, 0.29) is 5.41 Å². The third-order valence-electron chi connectivity index (χ3n) is 4.91. The Hall–Kier alpha value is -0.160. The van der Waals surface area contributed by atoms with Crippen molar-refractivity contribution in [1.82, 2.24) is 10.2 Å². The minimum atomic E-state index is 0.277.